The van der Waals surface area contributed by atoms with Crippen molar-refractivity contribution in [2.24, 2.45) is 0 Å². The van der Waals surface area contributed by atoms with Crippen LogP contribution in [-0.2, 0) is 19.1 Å². The van der Waals surface area contributed by atoms with Gasteiger partial charge >= 0.3 is 11.9 Å². The van der Waals surface area contributed by atoms with Crippen LogP contribution in [0.15, 0.2) is 18.2 Å². The van der Waals surface area contributed by atoms with Gasteiger partial charge in [-0.05, 0) is 19.1 Å². The van der Waals surface area contributed by atoms with Crippen LogP contribution < -0.4 is 4.74 Å². The predicted octanol–water partition coefficient (Wildman–Crippen LogP) is 3.26. The van der Waals surface area contributed by atoms with Gasteiger partial charge in [-0.15, -0.1) is 0 Å². The molecule has 0 N–H and O–H groups in total. The lowest BCUT2D eigenvalue weighted by Gasteiger charge is -2.07. The molecule has 0 bridgehead atoms. The van der Waals surface area contributed by atoms with E-state index in [0.717, 1.165) is 0 Å². The number of carbonyl (C=O) groups is 2. The summed E-state index contributed by atoms with van der Waals surface area (Å²) in [5.74, 6) is -0.899. The summed E-state index contributed by atoms with van der Waals surface area (Å²) < 4.78 is 14.9. The topological polar surface area (TPSA) is 61.8 Å². The van der Waals surface area contributed by atoms with Crippen molar-refractivity contribution in [3.63, 3.8) is 0 Å². The molecule has 0 heterocycles. The lowest BCUT2D eigenvalue weighted by molar-refractivity contribution is -0.148. The summed E-state index contributed by atoms with van der Waals surface area (Å²) >= 11 is 11.7. The molecule has 0 aliphatic carbocycles. The monoisotopic (exact) mass is 334 g/mol. The summed E-state index contributed by atoms with van der Waals surface area (Å²) in [4.78, 5) is 23.0. The molecular formula is C14H16Cl2O5. The molecule has 0 saturated carbocycles. The lowest BCUT2D eigenvalue weighted by atomic mass is 10.3. The normalized spacial score (nSPS) is 10.2. The van der Waals surface area contributed by atoms with Crippen LogP contribution in [0.1, 0.15) is 19.8 Å². The van der Waals surface area contributed by atoms with E-state index in [2.05, 4.69) is 0 Å². The minimum Gasteiger partial charge on any atom is -0.463 e. The van der Waals surface area contributed by atoms with E-state index in [9.17, 15) is 9.59 Å². The van der Waals surface area contributed by atoms with Gasteiger partial charge in [-0.2, -0.15) is 0 Å². The minimum absolute atomic E-state index is 0.0663. The molecule has 1 rings (SSSR count). The number of carbonyl (C=O) groups excluding carboxylic acids is 2. The van der Waals surface area contributed by atoms with Crippen LogP contribution in [0.5, 0.6) is 5.75 Å². The second kappa shape index (κ2) is 9.60. The summed E-state index contributed by atoms with van der Waals surface area (Å²) in [6, 6.07) is 4.71. The van der Waals surface area contributed by atoms with Crippen LogP contribution in [0.3, 0.4) is 0 Å². The van der Waals surface area contributed by atoms with Gasteiger partial charge in [0.2, 0.25) is 0 Å². The van der Waals surface area contributed by atoms with Crippen molar-refractivity contribution in [3.05, 3.63) is 28.2 Å². The Morgan fingerprint density at radius 3 is 2.52 bits per heavy atom. The summed E-state index contributed by atoms with van der Waals surface area (Å²) in [6.07, 6.45) is -0.167. The van der Waals surface area contributed by atoms with Crippen molar-refractivity contribution < 1.29 is 23.8 Å². The number of esters is 2. The Balaban J connectivity index is 2.31. The molecule has 0 unspecified atom stereocenters. The van der Waals surface area contributed by atoms with Gasteiger partial charge in [0.05, 0.1) is 24.5 Å². The van der Waals surface area contributed by atoms with Crippen LogP contribution in [0, 0.1) is 0 Å². The van der Waals surface area contributed by atoms with Crippen molar-refractivity contribution in [1.82, 2.24) is 0 Å². The quantitative estimate of drug-likeness (QED) is 0.415. The van der Waals surface area contributed by atoms with E-state index in [1.165, 1.54) is 6.07 Å². The third-order valence-electron chi connectivity index (χ3n) is 2.37. The zero-order valence-corrected chi connectivity index (χ0v) is 13.1. The average molecular weight is 335 g/mol. The fourth-order valence-corrected chi connectivity index (χ4v) is 1.70. The SMILES string of the molecule is CCOCCOC(=O)CCC(=O)Oc1cccc(Cl)c1Cl. The highest BCUT2D eigenvalue weighted by Crippen LogP contribution is 2.31. The Kier molecular flexibility index (Phi) is 8.12. The molecular weight excluding hydrogens is 319 g/mol. The number of benzene rings is 1. The predicted molar refractivity (Wildman–Crippen MR) is 78.8 cm³/mol. The lowest BCUT2D eigenvalue weighted by Crippen LogP contribution is -2.14. The molecule has 0 fully saturated rings. The molecule has 1 aromatic carbocycles. The molecule has 0 aliphatic heterocycles. The fraction of sp³-hybridized carbons (Fsp3) is 0.429. The molecule has 0 radical (unpaired) electrons. The number of ether oxygens (including phenoxy) is 3. The van der Waals surface area contributed by atoms with E-state index < -0.39 is 11.9 Å². The maximum atomic E-state index is 11.6. The third kappa shape index (κ3) is 6.80. The number of hydrogen-bond donors (Lipinski definition) is 0. The Labute approximate surface area is 133 Å². The summed E-state index contributed by atoms with van der Waals surface area (Å²) in [5.41, 5.74) is 0. The van der Waals surface area contributed by atoms with Crippen LogP contribution in [0.2, 0.25) is 10.0 Å². The zero-order valence-electron chi connectivity index (χ0n) is 11.6. The van der Waals surface area contributed by atoms with Gasteiger partial charge in [0, 0.05) is 6.61 Å². The van der Waals surface area contributed by atoms with Gasteiger partial charge in [-0.3, -0.25) is 9.59 Å². The molecule has 7 heteroatoms. The molecule has 0 aromatic heterocycles. The van der Waals surface area contributed by atoms with E-state index in [1.54, 1.807) is 12.1 Å². The van der Waals surface area contributed by atoms with Gasteiger partial charge in [-0.1, -0.05) is 29.3 Å². The second-order valence-electron chi connectivity index (χ2n) is 3.94. The third-order valence-corrected chi connectivity index (χ3v) is 3.17. The van der Waals surface area contributed by atoms with Crippen LogP contribution >= 0.6 is 23.2 Å². The molecule has 116 valence electrons. The first-order valence-electron chi connectivity index (χ1n) is 6.42. The first kappa shape index (κ1) is 17.8. The van der Waals surface area contributed by atoms with Crippen molar-refractivity contribution in [2.75, 3.05) is 19.8 Å². The molecule has 0 spiro atoms. The summed E-state index contributed by atoms with van der Waals surface area (Å²) in [7, 11) is 0. The fourth-order valence-electron chi connectivity index (χ4n) is 1.37. The number of rotatable bonds is 8. The van der Waals surface area contributed by atoms with Crippen LogP contribution in [0.4, 0.5) is 0 Å². The largest absolute Gasteiger partial charge is 0.463 e. The first-order chi connectivity index (χ1) is 10.0. The van der Waals surface area contributed by atoms with Crippen molar-refractivity contribution in [3.8, 4) is 5.75 Å². The molecule has 0 aliphatic rings. The summed E-state index contributed by atoms with van der Waals surface area (Å²) in [5, 5.41) is 0.448. The van der Waals surface area contributed by atoms with Crippen LogP contribution in [-0.4, -0.2) is 31.8 Å². The summed E-state index contributed by atoms with van der Waals surface area (Å²) in [6.45, 7) is 2.91. The average Bonchev–Trinajstić information content (AvgIpc) is 2.46. The van der Waals surface area contributed by atoms with Crippen LogP contribution in [0.25, 0.3) is 0 Å². The maximum absolute atomic E-state index is 11.6. The van der Waals surface area contributed by atoms with E-state index in [1.807, 2.05) is 6.92 Å². The highest BCUT2D eigenvalue weighted by molar-refractivity contribution is 6.43. The minimum atomic E-state index is -0.582. The molecule has 21 heavy (non-hydrogen) atoms. The number of hydrogen-bond acceptors (Lipinski definition) is 5. The van der Waals surface area contributed by atoms with E-state index in [-0.39, 0.29) is 35.2 Å². The van der Waals surface area contributed by atoms with Crippen molar-refractivity contribution >= 4 is 35.1 Å². The highest BCUT2D eigenvalue weighted by Gasteiger charge is 2.13. The Bertz CT molecular complexity index is 490. The van der Waals surface area contributed by atoms with Gasteiger partial charge in [0.25, 0.3) is 0 Å². The first-order valence-corrected chi connectivity index (χ1v) is 7.18. The maximum Gasteiger partial charge on any atom is 0.311 e. The Morgan fingerprint density at radius 2 is 1.81 bits per heavy atom. The Hall–Kier alpha value is -1.30. The molecule has 1 aromatic rings. The molecule has 0 saturated heterocycles. The van der Waals surface area contributed by atoms with E-state index >= 15 is 0 Å². The highest BCUT2D eigenvalue weighted by atomic mass is 35.5. The molecule has 0 atom stereocenters. The van der Waals surface area contributed by atoms with Gasteiger partial charge in [0.15, 0.2) is 5.75 Å². The molecule has 5 nitrogen and oxygen atoms in total. The van der Waals surface area contributed by atoms with E-state index in [4.69, 9.17) is 37.4 Å². The van der Waals surface area contributed by atoms with Gasteiger partial charge in [0.1, 0.15) is 11.6 Å². The van der Waals surface area contributed by atoms with Gasteiger partial charge < -0.3 is 14.2 Å². The smallest absolute Gasteiger partial charge is 0.311 e. The van der Waals surface area contributed by atoms with Crippen molar-refractivity contribution in [2.45, 2.75) is 19.8 Å². The zero-order chi connectivity index (χ0) is 15.7. The molecule has 0 amide bonds. The van der Waals surface area contributed by atoms with Crippen molar-refractivity contribution in [1.29, 1.82) is 0 Å². The number of halogens is 2. The Morgan fingerprint density at radius 1 is 1.10 bits per heavy atom. The standard InChI is InChI=1S/C14H16Cl2O5/c1-2-19-8-9-20-12(17)6-7-13(18)21-11-5-3-4-10(15)14(11)16/h3-5H,2,6-9H2,1H3. The van der Waals surface area contributed by atoms with E-state index in [0.29, 0.717) is 13.2 Å². The van der Waals surface area contributed by atoms with Gasteiger partial charge in [-0.25, -0.2) is 0 Å². The second-order valence-corrected chi connectivity index (χ2v) is 4.73.